The standard InChI is InChI=1S/C22H21N5O2/c1-2-29-18-11-4-3-8-15(18)20-19-16(9-5-10-17(19)28)24-22-25-21(26-27(20)22)14-7-6-12-23-13-14/h3-4,6-8,11-13,20H,2,5,9-10H2,1H3,(H,24,25,26). The van der Waals surface area contributed by atoms with Gasteiger partial charge in [0, 0.05) is 41.2 Å². The Morgan fingerprint density at radius 1 is 1.21 bits per heavy atom. The Bertz CT molecular complexity index is 1100. The van der Waals surface area contributed by atoms with Crippen LogP contribution in [0.1, 0.15) is 37.8 Å². The largest absolute Gasteiger partial charge is 0.494 e. The molecule has 0 bridgehead atoms. The molecular formula is C22H21N5O2. The van der Waals surface area contributed by atoms with Gasteiger partial charge in [0.05, 0.1) is 6.61 Å². The van der Waals surface area contributed by atoms with Gasteiger partial charge in [-0.15, -0.1) is 5.10 Å². The number of anilines is 1. The van der Waals surface area contributed by atoms with Crippen molar-refractivity contribution in [1.29, 1.82) is 0 Å². The van der Waals surface area contributed by atoms with E-state index in [4.69, 9.17) is 14.8 Å². The molecular weight excluding hydrogens is 366 g/mol. The predicted octanol–water partition coefficient (Wildman–Crippen LogP) is 3.76. The Morgan fingerprint density at radius 3 is 2.93 bits per heavy atom. The van der Waals surface area contributed by atoms with Crippen molar-refractivity contribution in [3.8, 4) is 17.1 Å². The van der Waals surface area contributed by atoms with E-state index in [9.17, 15) is 4.79 Å². The first-order valence-electron chi connectivity index (χ1n) is 9.88. The zero-order chi connectivity index (χ0) is 19.8. The van der Waals surface area contributed by atoms with E-state index in [0.717, 1.165) is 41.0 Å². The quantitative estimate of drug-likeness (QED) is 0.734. The first-order valence-corrected chi connectivity index (χ1v) is 9.88. The summed E-state index contributed by atoms with van der Waals surface area (Å²) in [6, 6.07) is 11.3. The highest BCUT2D eigenvalue weighted by atomic mass is 16.5. The number of hydrogen-bond acceptors (Lipinski definition) is 6. The number of nitrogens with one attached hydrogen (secondary N) is 1. The van der Waals surface area contributed by atoms with Gasteiger partial charge in [0.15, 0.2) is 11.6 Å². The minimum atomic E-state index is -0.366. The molecule has 2 aromatic heterocycles. The third kappa shape index (κ3) is 2.99. The van der Waals surface area contributed by atoms with Crippen LogP contribution in [0.25, 0.3) is 11.4 Å². The second-order valence-electron chi connectivity index (χ2n) is 7.11. The number of carbonyl (C=O) groups is 1. The number of fused-ring (bicyclic) bond motifs is 1. The first-order chi connectivity index (χ1) is 14.3. The van der Waals surface area contributed by atoms with Crippen LogP contribution >= 0.6 is 0 Å². The molecule has 0 saturated heterocycles. The van der Waals surface area contributed by atoms with Crippen LogP contribution in [0, 0.1) is 0 Å². The van der Waals surface area contributed by atoms with E-state index in [-0.39, 0.29) is 11.8 Å². The van der Waals surface area contributed by atoms with E-state index >= 15 is 0 Å². The molecule has 1 aliphatic carbocycles. The number of hydrogen-bond donors (Lipinski definition) is 1. The van der Waals surface area contributed by atoms with Crippen molar-refractivity contribution >= 4 is 11.7 Å². The monoisotopic (exact) mass is 387 g/mol. The third-order valence-electron chi connectivity index (χ3n) is 5.30. The molecule has 1 unspecified atom stereocenters. The minimum Gasteiger partial charge on any atom is -0.494 e. The normalized spacial score (nSPS) is 18.1. The van der Waals surface area contributed by atoms with Gasteiger partial charge in [-0.25, -0.2) is 4.68 Å². The number of para-hydroxylation sites is 1. The lowest BCUT2D eigenvalue weighted by atomic mass is 9.85. The van der Waals surface area contributed by atoms with Crippen LogP contribution in [-0.2, 0) is 4.79 Å². The maximum atomic E-state index is 13.0. The smallest absolute Gasteiger partial charge is 0.226 e. The summed E-state index contributed by atoms with van der Waals surface area (Å²) in [5, 5.41) is 8.12. The number of rotatable bonds is 4. The Labute approximate surface area is 168 Å². The summed E-state index contributed by atoms with van der Waals surface area (Å²) in [6.07, 6.45) is 5.67. The van der Waals surface area contributed by atoms with Crippen LogP contribution < -0.4 is 10.1 Å². The molecule has 0 fully saturated rings. The van der Waals surface area contributed by atoms with Gasteiger partial charge < -0.3 is 10.1 Å². The fourth-order valence-electron chi connectivity index (χ4n) is 4.05. The number of ketones is 1. The first kappa shape index (κ1) is 17.6. The summed E-state index contributed by atoms with van der Waals surface area (Å²) in [5.74, 6) is 2.12. The van der Waals surface area contributed by atoms with E-state index < -0.39 is 0 Å². The molecule has 0 spiro atoms. The lowest BCUT2D eigenvalue weighted by molar-refractivity contribution is -0.116. The molecule has 1 aliphatic heterocycles. The molecule has 7 heteroatoms. The van der Waals surface area contributed by atoms with Gasteiger partial charge in [-0.05, 0) is 38.0 Å². The summed E-state index contributed by atoms with van der Waals surface area (Å²) in [6.45, 7) is 2.50. The van der Waals surface area contributed by atoms with E-state index in [1.54, 1.807) is 12.4 Å². The molecule has 2 aliphatic rings. The second-order valence-corrected chi connectivity index (χ2v) is 7.11. The molecule has 0 radical (unpaired) electrons. The summed E-state index contributed by atoms with van der Waals surface area (Å²) in [7, 11) is 0. The fraction of sp³-hybridized carbons (Fsp3) is 0.273. The van der Waals surface area contributed by atoms with Gasteiger partial charge in [0.1, 0.15) is 11.8 Å². The van der Waals surface area contributed by atoms with Gasteiger partial charge >= 0.3 is 0 Å². The molecule has 29 heavy (non-hydrogen) atoms. The molecule has 5 rings (SSSR count). The van der Waals surface area contributed by atoms with Gasteiger partial charge in [-0.2, -0.15) is 4.98 Å². The van der Waals surface area contributed by atoms with Crippen LogP contribution in [0.4, 0.5) is 5.95 Å². The van der Waals surface area contributed by atoms with Crippen molar-refractivity contribution in [2.75, 3.05) is 11.9 Å². The number of benzene rings is 1. The van der Waals surface area contributed by atoms with Gasteiger partial charge in [0.2, 0.25) is 5.95 Å². The Kier molecular flexibility index (Phi) is 4.35. The Balaban J connectivity index is 1.70. The van der Waals surface area contributed by atoms with Crippen molar-refractivity contribution in [1.82, 2.24) is 19.7 Å². The maximum absolute atomic E-state index is 13.0. The molecule has 0 amide bonds. The van der Waals surface area contributed by atoms with Crippen LogP contribution in [0.15, 0.2) is 60.1 Å². The number of ether oxygens (including phenoxy) is 1. The van der Waals surface area contributed by atoms with Gasteiger partial charge in [0.25, 0.3) is 0 Å². The number of Topliss-reactive ketones (excluding diaryl/α,β-unsaturated/α-hetero) is 1. The Hall–Kier alpha value is -3.48. The average molecular weight is 387 g/mol. The number of carbonyl (C=O) groups excluding carboxylic acids is 1. The van der Waals surface area contributed by atoms with Crippen LogP contribution in [-0.4, -0.2) is 32.1 Å². The van der Waals surface area contributed by atoms with Gasteiger partial charge in [-0.3, -0.25) is 9.78 Å². The van der Waals surface area contributed by atoms with Crippen molar-refractivity contribution in [3.63, 3.8) is 0 Å². The number of allylic oxidation sites excluding steroid dienone is 2. The molecule has 1 N–H and O–H groups in total. The number of nitrogens with zero attached hydrogens (tertiary/aromatic N) is 4. The summed E-state index contributed by atoms with van der Waals surface area (Å²) in [5.41, 5.74) is 3.45. The highest BCUT2D eigenvalue weighted by Gasteiger charge is 2.38. The van der Waals surface area contributed by atoms with Crippen LogP contribution in [0.2, 0.25) is 0 Å². The van der Waals surface area contributed by atoms with Crippen molar-refractivity contribution in [3.05, 3.63) is 65.6 Å². The van der Waals surface area contributed by atoms with Crippen LogP contribution in [0.3, 0.4) is 0 Å². The van der Waals surface area contributed by atoms with E-state index in [2.05, 4.69) is 10.3 Å². The summed E-state index contributed by atoms with van der Waals surface area (Å²) >= 11 is 0. The lowest BCUT2D eigenvalue weighted by Crippen LogP contribution is -2.31. The molecule has 3 aromatic rings. The predicted molar refractivity (Wildman–Crippen MR) is 109 cm³/mol. The number of aromatic nitrogens is 4. The Morgan fingerprint density at radius 2 is 2.10 bits per heavy atom. The maximum Gasteiger partial charge on any atom is 0.226 e. The van der Waals surface area contributed by atoms with Crippen molar-refractivity contribution in [2.24, 2.45) is 0 Å². The van der Waals surface area contributed by atoms with Gasteiger partial charge in [-0.1, -0.05) is 18.2 Å². The van der Waals surface area contributed by atoms with E-state index in [0.29, 0.717) is 24.8 Å². The zero-order valence-electron chi connectivity index (χ0n) is 16.1. The average Bonchev–Trinajstić information content (AvgIpc) is 3.18. The molecule has 7 nitrogen and oxygen atoms in total. The van der Waals surface area contributed by atoms with Crippen molar-refractivity contribution in [2.45, 2.75) is 32.2 Å². The third-order valence-corrected chi connectivity index (χ3v) is 5.30. The topological polar surface area (TPSA) is 81.9 Å². The second kappa shape index (κ2) is 7.16. The minimum absolute atomic E-state index is 0.152. The van der Waals surface area contributed by atoms with Crippen LogP contribution in [0.5, 0.6) is 5.75 Å². The molecule has 1 aromatic carbocycles. The van der Waals surface area contributed by atoms with E-state index in [1.807, 2.05) is 48.0 Å². The highest BCUT2D eigenvalue weighted by Crippen LogP contribution is 2.43. The SMILES string of the molecule is CCOc1ccccc1C1C2=C(CCCC2=O)Nc2nc(-c3cccnc3)nn21. The molecule has 1 atom stereocenters. The lowest BCUT2D eigenvalue weighted by Gasteiger charge is -2.32. The zero-order valence-corrected chi connectivity index (χ0v) is 16.1. The van der Waals surface area contributed by atoms with E-state index in [1.165, 1.54) is 0 Å². The molecule has 0 saturated carbocycles. The molecule has 146 valence electrons. The fourth-order valence-corrected chi connectivity index (χ4v) is 4.05. The molecule has 3 heterocycles. The summed E-state index contributed by atoms with van der Waals surface area (Å²) in [4.78, 5) is 21.8. The number of pyridine rings is 1. The van der Waals surface area contributed by atoms with Crippen molar-refractivity contribution < 1.29 is 9.53 Å². The highest BCUT2D eigenvalue weighted by molar-refractivity contribution is 5.99. The summed E-state index contributed by atoms with van der Waals surface area (Å²) < 4.78 is 7.69.